The van der Waals surface area contributed by atoms with Crippen molar-refractivity contribution >= 4 is 33.5 Å². The smallest absolute Gasteiger partial charge is 0.321 e. The van der Waals surface area contributed by atoms with Gasteiger partial charge in [0.15, 0.2) is 9.84 Å². The third kappa shape index (κ3) is 7.38. The molecule has 0 aliphatic carbocycles. The number of hydrogen-bond acceptors (Lipinski definition) is 6. The number of carboxylic acid groups (broad SMARTS) is 1. The van der Waals surface area contributed by atoms with Gasteiger partial charge in [0.05, 0.1) is 11.5 Å². The zero-order valence-corrected chi connectivity index (χ0v) is 12.6. The quantitative estimate of drug-likeness (QED) is 0.506. The largest absolute Gasteiger partial charge is 0.480 e. The summed E-state index contributed by atoms with van der Waals surface area (Å²) < 4.78 is 22.3. The summed E-state index contributed by atoms with van der Waals surface area (Å²) in [5, 5.41) is 8.81. The SMILES string of the molecule is CC(C)(SCCS(=O)(=O)CCC(N)=O)[C@H](N)C(=O)O. The van der Waals surface area contributed by atoms with Gasteiger partial charge in [-0.05, 0) is 13.8 Å². The van der Waals surface area contributed by atoms with E-state index in [0.29, 0.717) is 0 Å². The van der Waals surface area contributed by atoms with Crippen LogP contribution in [-0.4, -0.2) is 53.4 Å². The predicted octanol–water partition coefficient (Wildman–Crippen LogP) is -0.800. The lowest BCUT2D eigenvalue weighted by molar-refractivity contribution is -0.139. The average molecular weight is 312 g/mol. The van der Waals surface area contributed by atoms with E-state index >= 15 is 0 Å². The van der Waals surface area contributed by atoms with Crippen LogP contribution in [0.5, 0.6) is 0 Å². The van der Waals surface area contributed by atoms with Gasteiger partial charge in [-0.1, -0.05) is 0 Å². The molecular weight excluding hydrogens is 292 g/mol. The fraction of sp³-hybridized carbons (Fsp3) is 0.800. The Morgan fingerprint density at radius 2 is 1.84 bits per heavy atom. The number of carbonyl (C=O) groups excluding carboxylic acids is 1. The first-order chi connectivity index (χ1) is 8.48. The van der Waals surface area contributed by atoms with E-state index in [4.69, 9.17) is 16.6 Å². The van der Waals surface area contributed by atoms with Gasteiger partial charge in [-0.25, -0.2) is 8.42 Å². The molecule has 1 atom stereocenters. The molecule has 0 fully saturated rings. The molecule has 5 N–H and O–H groups in total. The number of primary amides is 1. The Morgan fingerprint density at radius 3 is 2.26 bits per heavy atom. The molecule has 19 heavy (non-hydrogen) atoms. The molecule has 0 aliphatic heterocycles. The Labute approximate surface area is 117 Å². The highest BCUT2D eigenvalue weighted by atomic mass is 32.2. The molecule has 0 aromatic carbocycles. The van der Waals surface area contributed by atoms with Crippen LogP contribution >= 0.6 is 11.8 Å². The zero-order valence-electron chi connectivity index (χ0n) is 11.0. The molecule has 0 bridgehead atoms. The van der Waals surface area contributed by atoms with Gasteiger partial charge in [0.1, 0.15) is 6.04 Å². The van der Waals surface area contributed by atoms with E-state index in [1.807, 2.05) is 0 Å². The Hall–Kier alpha value is -0.800. The van der Waals surface area contributed by atoms with Crippen LogP contribution in [0.2, 0.25) is 0 Å². The molecule has 9 heteroatoms. The van der Waals surface area contributed by atoms with Gasteiger partial charge < -0.3 is 16.6 Å². The van der Waals surface area contributed by atoms with Gasteiger partial charge in [0, 0.05) is 16.9 Å². The minimum atomic E-state index is -3.35. The molecule has 0 radical (unpaired) electrons. The lowest BCUT2D eigenvalue weighted by atomic mass is 10.1. The summed E-state index contributed by atoms with van der Waals surface area (Å²) in [6.07, 6.45) is -0.203. The van der Waals surface area contributed by atoms with Gasteiger partial charge in [-0.3, -0.25) is 9.59 Å². The summed E-state index contributed by atoms with van der Waals surface area (Å²) >= 11 is 1.18. The third-order valence-corrected chi connectivity index (χ3v) is 5.86. The number of carbonyl (C=O) groups is 2. The Kier molecular flexibility index (Phi) is 6.81. The lowest BCUT2D eigenvalue weighted by Crippen LogP contribution is -2.47. The van der Waals surface area contributed by atoms with E-state index in [1.54, 1.807) is 13.8 Å². The fourth-order valence-electron chi connectivity index (χ4n) is 1.18. The van der Waals surface area contributed by atoms with Crippen molar-refractivity contribution in [2.24, 2.45) is 11.5 Å². The standard InChI is InChI=1S/C10H20N2O5S2/c1-10(2,8(12)9(14)15)18-4-6-19(16,17)5-3-7(11)13/h8H,3-6,12H2,1-2H3,(H2,11,13)(H,14,15)/t8-/m1/s1. The summed E-state index contributed by atoms with van der Waals surface area (Å²) in [6.45, 7) is 3.29. The van der Waals surface area contributed by atoms with Crippen molar-refractivity contribution in [2.45, 2.75) is 31.1 Å². The van der Waals surface area contributed by atoms with Crippen molar-refractivity contribution in [3.05, 3.63) is 0 Å². The van der Waals surface area contributed by atoms with E-state index in [9.17, 15) is 18.0 Å². The summed E-state index contributed by atoms with van der Waals surface area (Å²) in [4.78, 5) is 21.3. The van der Waals surface area contributed by atoms with Crippen LogP contribution < -0.4 is 11.5 Å². The van der Waals surface area contributed by atoms with Gasteiger partial charge in [0.2, 0.25) is 5.91 Å². The molecule has 0 aliphatic rings. The topological polar surface area (TPSA) is 141 Å². The highest BCUT2D eigenvalue weighted by Gasteiger charge is 2.32. The molecule has 112 valence electrons. The van der Waals surface area contributed by atoms with Crippen molar-refractivity contribution < 1.29 is 23.1 Å². The molecule has 0 rings (SSSR count). The highest BCUT2D eigenvalue weighted by molar-refractivity contribution is 8.01. The fourth-order valence-corrected chi connectivity index (χ4v) is 4.05. The van der Waals surface area contributed by atoms with Crippen LogP contribution in [0.3, 0.4) is 0 Å². The maximum Gasteiger partial charge on any atom is 0.321 e. The first-order valence-corrected chi connectivity index (χ1v) is 8.40. The summed E-state index contributed by atoms with van der Waals surface area (Å²) in [5.41, 5.74) is 10.4. The predicted molar refractivity (Wildman–Crippen MR) is 74.6 cm³/mol. The normalized spacial score (nSPS) is 14.1. The first kappa shape index (κ1) is 18.2. The van der Waals surface area contributed by atoms with Crippen LogP contribution in [0.15, 0.2) is 0 Å². The Morgan fingerprint density at radius 1 is 1.32 bits per heavy atom. The molecule has 1 amide bonds. The Balaban J connectivity index is 4.29. The summed E-state index contributed by atoms with van der Waals surface area (Å²) in [5.74, 6) is -2.00. The van der Waals surface area contributed by atoms with E-state index in [0.717, 1.165) is 0 Å². The van der Waals surface area contributed by atoms with Crippen LogP contribution in [-0.2, 0) is 19.4 Å². The maximum absolute atomic E-state index is 11.6. The van der Waals surface area contributed by atoms with E-state index in [1.165, 1.54) is 11.8 Å². The number of thioether (sulfide) groups is 1. The maximum atomic E-state index is 11.6. The van der Waals surface area contributed by atoms with Crippen molar-refractivity contribution in [1.29, 1.82) is 0 Å². The Bertz CT molecular complexity index is 433. The third-order valence-electron chi connectivity index (χ3n) is 2.54. The van der Waals surface area contributed by atoms with Gasteiger partial charge in [0.25, 0.3) is 0 Å². The second-order valence-electron chi connectivity index (χ2n) is 4.64. The van der Waals surface area contributed by atoms with Crippen LogP contribution in [0, 0.1) is 0 Å². The van der Waals surface area contributed by atoms with Crippen molar-refractivity contribution in [3.63, 3.8) is 0 Å². The van der Waals surface area contributed by atoms with Gasteiger partial charge in [-0.2, -0.15) is 11.8 Å². The number of nitrogens with two attached hydrogens (primary N) is 2. The number of rotatable bonds is 9. The molecule has 0 saturated heterocycles. The number of aliphatic carboxylic acids is 1. The number of amides is 1. The average Bonchev–Trinajstić information content (AvgIpc) is 2.24. The van der Waals surface area contributed by atoms with Gasteiger partial charge in [-0.15, -0.1) is 0 Å². The van der Waals surface area contributed by atoms with E-state index in [2.05, 4.69) is 0 Å². The summed E-state index contributed by atoms with van der Waals surface area (Å²) in [7, 11) is -3.35. The second kappa shape index (κ2) is 7.11. The monoisotopic (exact) mass is 312 g/mol. The van der Waals surface area contributed by atoms with Crippen molar-refractivity contribution in [1.82, 2.24) is 0 Å². The minimum Gasteiger partial charge on any atom is -0.480 e. The zero-order chi connectivity index (χ0) is 15.3. The minimum absolute atomic E-state index is 0.138. The van der Waals surface area contributed by atoms with E-state index in [-0.39, 0.29) is 23.7 Å². The van der Waals surface area contributed by atoms with Crippen molar-refractivity contribution in [2.75, 3.05) is 17.3 Å². The molecule has 0 spiro atoms. The molecule has 0 unspecified atom stereocenters. The molecule has 0 saturated carbocycles. The molecule has 0 heterocycles. The molecule has 7 nitrogen and oxygen atoms in total. The second-order valence-corrected chi connectivity index (χ2v) is 8.69. The van der Waals surface area contributed by atoms with Crippen molar-refractivity contribution in [3.8, 4) is 0 Å². The molecular formula is C10H20N2O5S2. The lowest BCUT2D eigenvalue weighted by Gasteiger charge is -2.27. The highest BCUT2D eigenvalue weighted by Crippen LogP contribution is 2.27. The summed E-state index contributed by atoms with van der Waals surface area (Å²) in [6, 6.07) is -1.08. The van der Waals surface area contributed by atoms with Crippen LogP contribution in [0.1, 0.15) is 20.3 Å². The van der Waals surface area contributed by atoms with Crippen LogP contribution in [0.25, 0.3) is 0 Å². The van der Waals surface area contributed by atoms with Crippen LogP contribution in [0.4, 0.5) is 0 Å². The van der Waals surface area contributed by atoms with Gasteiger partial charge >= 0.3 is 5.97 Å². The number of sulfone groups is 1. The van der Waals surface area contributed by atoms with E-state index < -0.39 is 32.5 Å². The molecule has 0 aromatic rings. The number of hydrogen-bond donors (Lipinski definition) is 3. The molecule has 0 aromatic heterocycles. The number of carboxylic acids is 1. The first-order valence-electron chi connectivity index (χ1n) is 5.59.